The molecule has 0 aliphatic rings. The summed E-state index contributed by atoms with van der Waals surface area (Å²) in [5, 5.41) is 18.7. The Morgan fingerprint density at radius 2 is 1.60 bits per heavy atom. The number of hydrogen-bond donors (Lipinski definition) is 3. The quantitative estimate of drug-likeness (QED) is 0.658. The molecule has 1 rings (SSSR count). The zero-order valence-corrected chi connectivity index (χ0v) is 9.11. The Kier molecular flexibility index (Phi) is 3.03. The minimum atomic E-state index is -4.53. The fourth-order valence-electron chi connectivity index (χ4n) is 1.30. The van der Waals surface area contributed by atoms with Crippen LogP contribution in [0.25, 0.3) is 0 Å². The summed E-state index contributed by atoms with van der Waals surface area (Å²) in [7, 11) is -4.53. The van der Waals surface area contributed by atoms with Crippen molar-refractivity contribution in [1.29, 1.82) is 0 Å². The summed E-state index contributed by atoms with van der Waals surface area (Å²) in [5.74, 6) is 0.0429. The van der Waals surface area contributed by atoms with Crippen molar-refractivity contribution in [2.24, 2.45) is 0 Å². The molecule has 15 heavy (non-hydrogen) atoms. The molecule has 5 nitrogen and oxygen atoms in total. The Labute approximate surface area is 87.7 Å². The summed E-state index contributed by atoms with van der Waals surface area (Å²) in [6.07, 6.45) is 0. The van der Waals surface area contributed by atoms with E-state index in [2.05, 4.69) is 0 Å². The molecule has 84 valence electrons. The fraction of sp³-hybridized carbons (Fsp3) is 0.333. The standard InChI is InChI=1S/C9H12O5S/c1-5-3-7(4-6(2)8(5)10)9(11)15(12,13)14/h3-4,9-11H,1-2H3,(H,12,13,14). The lowest BCUT2D eigenvalue weighted by Crippen LogP contribution is -2.11. The van der Waals surface area contributed by atoms with Crippen molar-refractivity contribution in [2.45, 2.75) is 19.3 Å². The van der Waals surface area contributed by atoms with E-state index in [9.17, 15) is 18.6 Å². The van der Waals surface area contributed by atoms with Crippen molar-refractivity contribution >= 4 is 10.1 Å². The summed E-state index contributed by atoms with van der Waals surface area (Å²) >= 11 is 0. The Morgan fingerprint density at radius 1 is 1.20 bits per heavy atom. The molecule has 0 aliphatic heterocycles. The van der Waals surface area contributed by atoms with Crippen LogP contribution in [-0.2, 0) is 10.1 Å². The third-order valence-corrected chi connectivity index (χ3v) is 2.92. The summed E-state index contributed by atoms with van der Waals surface area (Å²) in [6, 6.07) is 2.61. The lowest BCUT2D eigenvalue weighted by atomic mass is 10.1. The maximum Gasteiger partial charge on any atom is 0.296 e. The number of aromatic hydroxyl groups is 1. The second-order valence-corrected chi connectivity index (χ2v) is 4.85. The number of aliphatic hydroxyl groups is 1. The number of phenols is 1. The van der Waals surface area contributed by atoms with Crippen molar-refractivity contribution in [3.05, 3.63) is 28.8 Å². The first-order chi connectivity index (χ1) is 6.73. The molecule has 1 unspecified atom stereocenters. The Bertz CT molecular complexity index is 454. The van der Waals surface area contributed by atoms with Gasteiger partial charge >= 0.3 is 0 Å². The van der Waals surface area contributed by atoms with Crippen LogP contribution in [0.5, 0.6) is 5.75 Å². The average molecular weight is 232 g/mol. The molecule has 0 heterocycles. The van der Waals surface area contributed by atoms with Gasteiger partial charge in [0.2, 0.25) is 5.44 Å². The van der Waals surface area contributed by atoms with E-state index in [1.165, 1.54) is 12.1 Å². The molecule has 0 amide bonds. The molecule has 1 aromatic carbocycles. The van der Waals surface area contributed by atoms with Crippen molar-refractivity contribution in [1.82, 2.24) is 0 Å². The van der Waals surface area contributed by atoms with Gasteiger partial charge in [0.1, 0.15) is 5.75 Å². The van der Waals surface area contributed by atoms with Crippen LogP contribution in [0.4, 0.5) is 0 Å². The molecule has 0 fully saturated rings. The van der Waals surface area contributed by atoms with Gasteiger partial charge < -0.3 is 10.2 Å². The highest BCUT2D eigenvalue weighted by molar-refractivity contribution is 7.85. The van der Waals surface area contributed by atoms with Gasteiger partial charge in [-0.25, -0.2) is 0 Å². The summed E-state index contributed by atoms with van der Waals surface area (Å²) in [6.45, 7) is 3.14. The smallest absolute Gasteiger partial charge is 0.296 e. The number of rotatable bonds is 2. The van der Waals surface area contributed by atoms with E-state index >= 15 is 0 Å². The monoisotopic (exact) mass is 232 g/mol. The molecule has 6 heteroatoms. The average Bonchev–Trinajstić information content (AvgIpc) is 2.10. The van der Waals surface area contributed by atoms with Crippen LogP contribution in [0.15, 0.2) is 12.1 Å². The zero-order valence-electron chi connectivity index (χ0n) is 8.30. The zero-order chi connectivity index (χ0) is 11.8. The van der Waals surface area contributed by atoms with Gasteiger partial charge in [0.15, 0.2) is 0 Å². The van der Waals surface area contributed by atoms with Crippen LogP contribution in [0.2, 0.25) is 0 Å². The van der Waals surface area contributed by atoms with Gasteiger partial charge in [-0.3, -0.25) is 4.55 Å². The third kappa shape index (κ3) is 2.47. The van der Waals surface area contributed by atoms with Crippen LogP contribution in [0, 0.1) is 13.8 Å². The third-order valence-electron chi connectivity index (χ3n) is 2.08. The largest absolute Gasteiger partial charge is 0.507 e. The number of hydrogen-bond acceptors (Lipinski definition) is 4. The first-order valence-electron chi connectivity index (χ1n) is 4.18. The van der Waals surface area contributed by atoms with Crippen LogP contribution in [0.3, 0.4) is 0 Å². The fourth-order valence-corrected chi connectivity index (χ4v) is 1.78. The first kappa shape index (κ1) is 12.0. The number of aryl methyl sites for hydroxylation is 2. The second kappa shape index (κ2) is 3.80. The van der Waals surface area contributed by atoms with Crippen molar-refractivity contribution in [3.8, 4) is 5.75 Å². The highest BCUT2D eigenvalue weighted by Gasteiger charge is 2.22. The predicted molar refractivity (Wildman–Crippen MR) is 54.1 cm³/mol. The van der Waals surface area contributed by atoms with Gasteiger partial charge in [-0.2, -0.15) is 8.42 Å². The van der Waals surface area contributed by atoms with Gasteiger partial charge in [-0.15, -0.1) is 0 Å². The van der Waals surface area contributed by atoms with E-state index < -0.39 is 15.6 Å². The molecule has 1 aromatic rings. The highest BCUT2D eigenvalue weighted by Crippen LogP contribution is 2.27. The lowest BCUT2D eigenvalue weighted by Gasteiger charge is -2.11. The molecule has 0 radical (unpaired) electrons. The van der Waals surface area contributed by atoms with Crippen molar-refractivity contribution in [2.75, 3.05) is 0 Å². The molecule has 0 bridgehead atoms. The van der Waals surface area contributed by atoms with E-state index in [-0.39, 0.29) is 11.3 Å². The minimum Gasteiger partial charge on any atom is -0.507 e. The molecule has 0 saturated heterocycles. The molecule has 3 N–H and O–H groups in total. The molecule has 0 aliphatic carbocycles. The normalized spacial score (nSPS) is 13.9. The van der Waals surface area contributed by atoms with E-state index in [4.69, 9.17) is 4.55 Å². The topological polar surface area (TPSA) is 94.8 Å². The molecular formula is C9H12O5S. The van der Waals surface area contributed by atoms with Crippen molar-refractivity contribution < 1.29 is 23.2 Å². The van der Waals surface area contributed by atoms with Crippen LogP contribution >= 0.6 is 0 Å². The van der Waals surface area contributed by atoms with E-state index in [1.54, 1.807) is 13.8 Å². The molecule has 0 spiro atoms. The maximum absolute atomic E-state index is 10.7. The van der Waals surface area contributed by atoms with Gasteiger partial charge in [0.05, 0.1) is 0 Å². The van der Waals surface area contributed by atoms with Gasteiger partial charge in [-0.05, 0) is 42.7 Å². The number of aliphatic hydroxyl groups excluding tert-OH is 1. The van der Waals surface area contributed by atoms with E-state index in [0.29, 0.717) is 11.1 Å². The van der Waals surface area contributed by atoms with Crippen LogP contribution < -0.4 is 0 Å². The Morgan fingerprint density at radius 3 is 1.93 bits per heavy atom. The number of benzene rings is 1. The summed E-state index contributed by atoms with van der Waals surface area (Å²) < 4.78 is 30.0. The van der Waals surface area contributed by atoms with Crippen LogP contribution in [0.1, 0.15) is 22.1 Å². The van der Waals surface area contributed by atoms with Gasteiger partial charge in [-0.1, -0.05) is 0 Å². The SMILES string of the molecule is Cc1cc(C(O)S(=O)(=O)O)cc(C)c1O. The molecule has 1 atom stereocenters. The molecular weight excluding hydrogens is 220 g/mol. The van der Waals surface area contributed by atoms with Gasteiger partial charge in [0, 0.05) is 0 Å². The molecule has 0 aromatic heterocycles. The summed E-state index contributed by atoms with van der Waals surface area (Å²) in [5.41, 5.74) is -1.07. The second-order valence-electron chi connectivity index (χ2n) is 3.37. The first-order valence-corrected chi connectivity index (χ1v) is 5.68. The summed E-state index contributed by atoms with van der Waals surface area (Å²) in [4.78, 5) is 0. The maximum atomic E-state index is 10.7. The predicted octanol–water partition coefficient (Wildman–Crippen LogP) is 0.888. The molecule has 0 saturated carbocycles. The Balaban J connectivity index is 3.29. The van der Waals surface area contributed by atoms with Crippen LogP contribution in [-0.4, -0.2) is 23.2 Å². The Hall–Kier alpha value is -1.11. The van der Waals surface area contributed by atoms with E-state index in [1.807, 2.05) is 0 Å². The van der Waals surface area contributed by atoms with E-state index in [0.717, 1.165) is 0 Å². The lowest BCUT2D eigenvalue weighted by molar-refractivity contribution is 0.238. The highest BCUT2D eigenvalue weighted by atomic mass is 32.2. The minimum absolute atomic E-state index is 0.0327. The number of phenolic OH excluding ortho intramolecular Hbond substituents is 1. The van der Waals surface area contributed by atoms with Crippen molar-refractivity contribution in [3.63, 3.8) is 0 Å². The van der Waals surface area contributed by atoms with Gasteiger partial charge in [0.25, 0.3) is 10.1 Å².